The van der Waals surface area contributed by atoms with E-state index in [0.717, 1.165) is 19.3 Å². The van der Waals surface area contributed by atoms with Crippen molar-refractivity contribution in [3.8, 4) is 0 Å². The zero-order chi connectivity index (χ0) is 19.0. The molecule has 5 heteroatoms. The average Bonchev–Trinajstić information content (AvgIpc) is 3.02. The lowest BCUT2D eigenvalue weighted by atomic mass is 10.1. The van der Waals surface area contributed by atoms with Crippen molar-refractivity contribution >= 4 is 0 Å². The summed E-state index contributed by atoms with van der Waals surface area (Å²) in [5, 5.41) is 28.6. The van der Waals surface area contributed by atoms with Gasteiger partial charge in [0.1, 0.15) is 24.4 Å². The molecule has 3 N–H and O–H groups in total. The highest BCUT2D eigenvalue weighted by molar-refractivity contribution is 4.89. The predicted molar refractivity (Wildman–Crippen MR) is 104 cm³/mol. The van der Waals surface area contributed by atoms with E-state index in [4.69, 9.17) is 14.6 Å². The van der Waals surface area contributed by atoms with Gasteiger partial charge in [-0.2, -0.15) is 0 Å². The van der Waals surface area contributed by atoms with Crippen LogP contribution in [0, 0.1) is 0 Å². The van der Waals surface area contributed by atoms with Crippen LogP contribution >= 0.6 is 0 Å². The van der Waals surface area contributed by atoms with Gasteiger partial charge < -0.3 is 24.8 Å². The van der Waals surface area contributed by atoms with Crippen LogP contribution in [0.25, 0.3) is 0 Å². The minimum Gasteiger partial charge on any atom is -0.394 e. The monoisotopic (exact) mass is 372 g/mol. The lowest BCUT2D eigenvalue weighted by Crippen LogP contribution is -2.42. The Morgan fingerprint density at radius 2 is 1.62 bits per heavy atom. The van der Waals surface area contributed by atoms with Crippen molar-refractivity contribution in [1.29, 1.82) is 0 Å². The number of aliphatic hydroxyl groups is 3. The third-order valence-corrected chi connectivity index (χ3v) is 4.95. The van der Waals surface area contributed by atoms with Gasteiger partial charge >= 0.3 is 0 Å². The summed E-state index contributed by atoms with van der Waals surface area (Å²) in [5.74, 6) is 0. The zero-order valence-corrected chi connectivity index (χ0v) is 16.5. The van der Waals surface area contributed by atoms with Crippen molar-refractivity contribution in [2.24, 2.45) is 0 Å². The first kappa shape index (κ1) is 23.6. The summed E-state index contributed by atoms with van der Waals surface area (Å²) < 4.78 is 11.0. The summed E-state index contributed by atoms with van der Waals surface area (Å²) in [5.41, 5.74) is 0. The maximum atomic E-state index is 9.85. The van der Waals surface area contributed by atoms with Crippen molar-refractivity contribution in [2.45, 2.75) is 102 Å². The quantitative estimate of drug-likeness (QED) is 0.286. The van der Waals surface area contributed by atoms with Crippen LogP contribution in [0.5, 0.6) is 0 Å². The van der Waals surface area contributed by atoms with E-state index in [-0.39, 0.29) is 13.2 Å². The smallest absolute Gasteiger partial charge is 0.114 e. The van der Waals surface area contributed by atoms with Crippen LogP contribution in [0.4, 0.5) is 0 Å². The molecule has 0 aliphatic carbocycles. The SMILES string of the molecule is CCCCCCCCC/C=C/CCCCO[C@@H]1[C@H]([C@@H](O)CO)OC[C@H]1O. The maximum Gasteiger partial charge on any atom is 0.114 e. The molecule has 0 aromatic heterocycles. The topological polar surface area (TPSA) is 79.2 Å². The maximum absolute atomic E-state index is 9.85. The Hall–Kier alpha value is -0.460. The van der Waals surface area contributed by atoms with Crippen LogP contribution in [-0.2, 0) is 9.47 Å². The standard InChI is InChI=1S/C21H40O5/c1-2-3-4-5-6-7-8-9-10-11-12-13-14-15-25-21-19(24)17-26-20(21)18(23)16-22/h10-11,18-24H,2-9,12-17H2,1H3/b11-10+/t18-,19+,20-,21-/m0/s1. The highest BCUT2D eigenvalue weighted by Gasteiger charge is 2.40. The molecule has 0 aromatic rings. The molecule has 1 aliphatic heterocycles. The Balaban J connectivity index is 1.95. The van der Waals surface area contributed by atoms with Crippen molar-refractivity contribution < 1.29 is 24.8 Å². The van der Waals surface area contributed by atoms with E-state index in [1.54, 1.807) is 0 Å². The molecule has 1 aliphatic rings. The van der Waals surface area contributed by atoms with Gasteiger partial charge in [0.25, 0.3) is 0 Å². The molecule has 154 valence electrons. The third kappa shape index (κ3) is 10.0. The molecule has 0 unspecified atom stereocenters. The van der Waals surface area contributed by atoms with E-state index in [9.17, 15) is 10.2 Å². The van der Waals surface area contributed by atoms with E-state index in [1.165, 1.54) is 51.4 Å². The number of hydrogen-bond acceptors (Lipinski definition) is 5. The highest BCUT2D eigenvalue weighted by atomic mass is 16.6. The lowest BCUT2D eigenvalue weighted by molar-refractivity contribution is -0.0937. The largest absolute Gasteiger partial charge is 0.394 e. The summed E-state index contributed by atoms with van der Waals surface area (Å²) in [6.45, 7) is 2.54. The van der Waals surface area contributed by atoms with E-state index >= 15 is 0 Å². The van der Waals surface area contributed by atoms with Gasteiger partial charge in [0.05, 0.1) is 13.2 Å². The summed E-state index contributed by atoms with van der Waals surface area (Å²) in [4.78, 5) is 0. The molecule has 26 heavy (non-hydrogen) atoms. The number of rotatable bonds is 16. The minimum atomic E-state index is -1.01. The van der Waals surface area contributed by atoms with Crippen molar-refractivity contribution in [2.75, 3.05) is 19.8 Å². The summed E-state index contributed by atoms with van der Waals surface area (Å²) >= 11 is 0. The first-order chi connectivity index (χ1) is 12.7. The molecule has 5 nitrogen and oxygen atoms in total. The van der Waals surface area contributed by atoms with Crippen LogP contribution < -0.4 is 0 Å². The van der Waals surface area contributed by atoms with Gasteiger partial charge in [0.2, 0.25) is 0 Å². The second kappa shape index (κ2) is 15.6. The van der Waals surface area contributed by atoms with Gasteiger partial charge in [-0.05, 0) is 32.1 Å². The molecule has 1 rings (SSSR count). The van der Waals surface area contributed by atoms with Gasteiger partial charge in [-0.3, -0.25) is 0 Å². The first-order valence-corrected chi connectivity index (χ1v) is 10.6. The molecule has 0 bridgehead atoms. The van der Waals surface area contributed by atoms with E-state index < -0.39 is 24.4 Å². The molecular weight excluding hydrogens is 332 g/mol. The van der Waals surface area contributed by atoms with E-state index in [1.807, 2.05) is 0 Å². The second-order valence-corrected chi connectivity index (χ2v) is 7.33. The van der Waals surface area contributed by atoms with Gasteiger partial charge in [-0.1, -0.05) is 57.6 Å². The summed E-state index contributed by atoms with van der Waals surface area (Å²) in [6.07, 6.45) is 15.2. The van der Waals surface area contributed by atoms with Crippen LogP contribution in [0.2, 0.25) is 0 Å². The zero-order valence-electron chi connectivity index (χ0n) is 16.5. The van der Waals surface area contributed by atoms with Crippen LogP contribution in [0.3, 0.4) is 0 Å². The number of ether oxygens (including phenoxy) is 2. The molecule has 0 saturated carbocycles. The van der Waals surface area contributed by atoms with Gasteiger partial charge in [0, 0.05) is 6.61 Å². The Labute approximate surface area is 159 Å². The number of unbranched alkanes of at least 4 members (excludes halogenated alkanes) is 9. The third-order valence-electron chi connectivity index (χ3n) is 4.95. The Morgan fingerprint density at radius 3 is 2.27 bits per heavy atom. The van der Waals surface area contributed by atoms with Crippen molar-refractivity contribution in [1.82, 2.24) is 0 Å². The lowest BCUT2D eigenvalue weighted by Gasteiger charge is -2.23. The fourth-order valence-corrected chi connectivity index (χ4v) is 3.30. The number of aliphatic hydroxyl groups excluding tert-OH is 3. The summed E-state index contributed by atoms with van der Waals surface area (Å²) in [7, 11) is 0. The fraction of sp³-hybridized carbons (Fsp3) is 0.905. The predicted octanol–water partition coefficient (Wildman–Crippen LogP) is 3.35. The summed E-state index contributed by atoms with van der Waals surface area (Å²) in [6, 6.07) is 0. The number of hydrogen-bond donors (Lipinski definition) is 3. The molecule has 0 spiro atoms. The molecule has 4 atom stereocenters. The molecule has 1 saturated heterocycles. The van der Waals surface area contributed by atoms with Gasteiger partial charge in [-0.15, -0.1) is 0 Å². The Bertz CT molecular complexity index is 347. The molecule has 0 amide bonds. The highest BCUT2D eigenvalue weighted by Crippen LogP contribution is 2.21. The van der Waals surface area contributed by atoms with E-state index in [2.05, 4.69) is 19.1 Å². The van der Waals surface area contributed by atoms with Crippen molar-refractivity contribution in [3.05, 3.63) is 12.2 Å². The van der Waals surface area contributed by atoms with Crippen LogP contribution in [0.15, 0.2) is 12.2 Å². The Morgan fingerprint density at radius 1 is 1.00 bits per heavy atom. The first-order valence-electron chi connectivity index (χ1n) is 10.6. The number of allylic oxidation sites excluding steroid dienone is 2. The average molecular weight is 373 g/mol. The van der Waals surface area contributed by atoms with Crippen molar-refractivity contribution in [3.63, 3.8) is 0 Å². The molecule has 0 aromatic carbocycles. The minimum absolute atomic E-state index is 0.147. The van der Waals surface area contributed by atoms with Gasteiger partial charge in [-0.25, -0.2) is 0 Å². The molecular formula is C21H40O5. The van der Waals surface area contributed by atoms with Gasteiger partial charge in [0.15, 0.2) is 0 Å². The van der Waals surface area contributed by atoms with Crippen LogP contribution in [0.1, 0.15) is 77.6 Å². The molecule has 1 fully saturated rings. The van der Waals surface area contributed by atoms with Crippen LogP contribution in [-0.4, -0.2) is 59.6 Å². The molecule has 0 radical (unpaired) electrons. The fourth-order valence-electron chi connectivity index (χ4n) is 3.30. The van der Waals surface area contributed by atoms with E-state index in [0.29, 0.717) is 6.61 Å². The Kier molecular flexibility index (Phi) is 14.1. The second-order valence-electron chi connectivity index (χ2n) is 7.33. The molecule has 1 heterocycles. The normalized spacial score (nSPS) is 24.5.